The van der Waals surface area contributed by atoms with Crippen molar-refractivity contribution >= 4 is 11.9 Å². The van der Waals surface area contributed by atoms with Crippen LogP contribution in [0, 0.1) is 0 Å². The Balaban J connectivity index is 1.87. The lowest BCUT2D eigenvalue weighted by Gasteiger charge is -2.18. The maximum Gasteiger partial charge on any atom is 0.337 e. The van der Waals surface area contributed by atoms with Crippen LogP contribution in [-0.2, 0) is 9.53 Å². The fraction of sp³-hybridized carbons (Fsp3) is 0.500. The number of esters is 1. The Morgan fingerprint density at radius 1 is 1.19 bits per heavy atom. The number of rotatable bonds is 5. The maximum absolute atomic E-state index is 12.0. The van der Waals surface area contributed by atoms with Gasteiger partial charge in [-0.3, -0.25) is 4.79 Å². The largest absolute Gasteiger partial charge is 0.481 e. The molecular weight excluding hydrogens is 270 g/mol. The van der Waals surface area contributed by atoms with Crippen molar-refractivity contribution in [2.75, 3.05) is 7.11 Å². The van der Waals surface area contributed by atoms with Gasteiger partial charge < -0.3 is 14.8 Å². The molecule has 1 atom stereocenters. The van der Waals surface area contributed by atoms with Crippen molar-refractivity contribution < 1.29 is 19.1 Å². The Labute approximate surface area is 124 Å². The molecule has 0 spiro atoms. The van der Waals surface area contributed by atoms with E-state index < -0.39 is 12.1 Å². The lowest BCUT2D eigenvalue weighted by atomic mass is 10.2. The highest BCUT2D eigenvalue weighted by atomic mass is 16.5. The van der Waals surface area contributed by atoms with E-state index in [0.717, 1.165) is 12.8 Å². The van der Waals surface area contributed by atoms with E-state index >= 15 is 0 Å². The van der Waals surface area contributed by atoms with E-state index in [1.807, 2.05) is 0 Å². The van der Waals surface area contributed by atoms with Crippen LogP contribution in [0.1, 0.15) is 43.0 Å². The summed E-state index contributed by atoms with van der Waals surface area (Å²) in [5.74, 6) is 0.0595. The molecule has 0 heterocycles. The Kier molecular flexibility index (Phi) is 5.20. The smallest absolute Gasteiger partial charge is 0.337 e. The highest BCUT2D eigenvalue weighted by molar-refractivity contribution is 5.89. The van der Waals surface area contributed by atoms with Crippen LogP contribution in [0.3, 0.4) is 0 Å². The van der Waals surface area contributed by atoms with Gasteiger partial charge in [-0.05, 0) is 44.0 Å². The van der Waals surface area contributed by atoms with Crippen LogP contribution in [-0.4, -0.2) is 31.1 Å². The number of hydrogen-bond acceptors (Lipinski definition) is 4. The van der Waals surface area contributed by atoms with Crippen molar-refractivity contribution in [1.29, 1.82) is 0 Å². The van der Waals surface area contributed by atoms with Gasteiger partial charge in [0, 0.05) is 6.04 Å². The zero-order chi connectivity index (χ0) is 15.2. The number of hydrogen-bond donors (Lipinski definition) is 1. The molecule has 2 rings (SSSR count). The topological polar surface area (TPSA) is 64.6 Å². The standard InChI is InChI=1S/C16H21NO4/c1-11(15(18)17-13-5-3-4-6-13)21-14-9-7-12(8-10-14)16(19)20-2/h7-11,13H,3-6H2,1-2H3,(H,17,18). The van der Waals surface area contributed by atoms with Crippen LogP contribution >= 0.6 is 0 Å². The monoisotopic (exact) mass is 291 g/mol. The van der Waals surface area contributed by atoms with Gasteiger partial charge in [0.15, 0.2) is 6.10 Å². The fourth-order valence-electron chi connectivity index (χ4n) is 2.43. The molecular formula is C16H21NO4. The molecule has 1 fully saturated rings. The summed E-state index contributed by atoms with van der Waals surface area (Å²) in [4.78, 5) is 23.3. The molecule has 0 bridgehead atoms. The van der Waals surface area contributed by atoms with E-state index in [1.165, 1.54) is 20.0 Å². The Morgan fingerprint density at radius 2 is 1.81 bits per heavy atom. The van der Waals surface area contributed by atoms with Crippen molar-refractivity contribution in [2.45, 2.75) is 44.8 Å². The fourth-order valence-corrected chi connectivity index (χ4v) is 2.43. The zero-order valence-corrected chi connectivity index (χ0v) is 12.4. The molecule has 5 nitrogen and oxygen atoms in total. The molecule has 1 aromatic rings. The lowest BCUT2D eigenvalue weighted by molar-refractivity contribution is -0.127. The van der Waals surface area contributed by atoms with Crippen LogP contribution < -0.4 is 10.1 Å². The molecule has 21 heavy (non-hydrogen) atoms. The summed E-state index contributed by atoms with van der Waals surface area (Å²) < 4.78 is 10.2. The molecule has 1 amide bonds. The molecule has 1 N–H and O–H groups in total. The van der Waals surface area contributed by atoms with E-state index in [0.29, 0.717) is 11.3 Å². The average Bonchev–Trinajstić information content (AvgIpc) is 3.00. The van der Waals surface area contributed by atoms with Gasteiger partial charge in [0.05, 0.1) is 12.7 Å². The molecule has 0 aliphatic heterocycles. The minimum Gasteiger partial charge on any atom is -0.481 e. The van der Waals surface area contributed by atoms with Crippen LogP contribution in [0.15, 0.2) is 24.3 Å². The average molecular weight is 291 g/mol. The van der Waals surface area contributed by atoms with Crippen LogP contribution in [0.2, 0.25) is 0 Å². The van der Waals surface area contributed by atoms with Gasteiger partial charge in [0.1, 0.15) is 5.75 Å². The van der Waals surface area contributed by atoms with Gasteiger partial charge in [0.25, 0.3) is 5.91 Å². The molecule has 0 saturated heterocycles. The first-order valence-corrected chi connectivity index (χ1v) is 7.25. The molecule has 1 aromatic carbocycles. The normalized spacial score (nSPS) is 16.3. The second-order valence-electron chi connectivity index (χ2n) is 5.27. The van der Waals surface area contributed by atoms with Gasteiger partial charge in [-0.2, -0.15) is 0 Å². The highest BCUT2D eigenvalue weighted by Crippen LogP contribution is 2.18. The third-order valence-electron chi connectivity index (χ3n) is 3.66. The summed E-state index contributed by atoms with van der Waals surface area (Å²) in [6.45, 7) is 1.72. The summed E-state index contributed by atoms with van der Waals surface area (Å²) in [6, 6.07) is 6.83. The van der Waals surface area contributed by atoms with Gasteiger partial charge in [-0.1, -0.05) is 12.8 Å². The quantitative estimate of drug-likeness (QED) is 0.845. The lowest BCUT2D eigenvalue weighted by Crippen LogP contribution is -2.41. The van der Waals surface area contributed by atoms with Crippen molar-refractivity contribution in [3.05, 3.63) is 29.8 Å². The summed E-state index contributed by atoms with van der Waals surface area (Å²) in [7, 11) is 1.34. The van der Waals surface area contributed by atoms with E-state index in [2.05, 4.69) is 10.1 Å². The zero-order valence-electron chi connectivity index (χ0n) is 12.4. The SMILES string of the molecule is COC(=O)c1ccc(OC(C)C(=O)NC2CCCC2)cc1. The summed E-state index contributed by atoms with van der Waals surface area (Å²) in [5.41, 5.74) is 0.452. The number of amides is 1. The Morgan fingerprint density at radius 3 is 2.38 bits per heavy atom. The van der Waals surface area contributed by atoms with E-state index in [-0.39, 0.29) is 11.9 Å². The van der Waals surface area contributed by atoms with Crippen molar-refractivity contribution in [3.63, 3.8) is 0 Å². The van der Waals surface area contributed by atoms with E-state index in [1.54, 1.807) is 31.2 Å². The third kappa shape index (κ3) is 4.21. The number of ether oxygens (including phenoxy) is 2. The van der Waals surface area contributed by atoms with Crippen LogP contribution in [0.4, 0.5) is 0 Å². The summed E-state index contributed by atoms with van der Waals surface area (Å²) in [5, 5.41) is 3.00. The van der Waals surface area contributed by atoms with Gasteiger partial charge >= 0.3 is 5.97 Å². The maximum atomic E-state index is 12.0. The first kappa shape index (κ1) is 15.4. The number of carbonyl (C=O) groups is 2. The molecule has 1 aliphatic carbocycles. The summed E-state index contributed by atoms with van der Waals surface area (Å²) in [6.07, 6.45) is 3.89. The van der Waals surface area contributed by atoms with E-state index in [9.17, 15) is 9.59 Å². The van der Waals surface area contributed by atoms with Crippen LogP contribution in [0.25, 0.3) is 0 Å². The first-order chi connectivity index (χ1) is 10.1. The predicted molar refractivity (Wildman–Crippen MR) is 78.3 cm³/mol. The van der Waals surface area contributed by atoms with Gasteiger partial charge in [-0.25, -0.2) is 4.79 Å². The van der Waals surface area contributed by atoms with Crippen LogP contribution in [0.5, 0.6) is 5.75 Å². The van der Waals surface area contributed by atoms with Crippen molar-refractivity contribution in [2.24, 2.45) is 0 Å². The number of carbonyl (C=O) groups excluding carboxylic acids is 2. The van der Waals surface area contributed by atoms with Gasteiger partial charge in [-0.15, -0.1) is 0 Å². The van der Waals surface area contributed by atoms with Gasteiger partial charge in [0.2, 0.25) is 0 Å². The highest BCUT2D eigenvalue weighted by Gasteiger charge is 2.21. The van der Waals surface area contributed by atoms with E-state index in [4.69, 9.17) is 4.74 Å². The molecule has 1 saturated carbocycles. The summed E-state index contributed by atoms with van der Waals surface area (Å²) >= 11 is 0. The second kappa shape index (κ2) is 7.11. The second-order valence-corrected chi connectivity index (χ2v) is 5.27. The Hall–Kier alpha value is -2.04. The third-order valence-corrected chi connectivity index (χ3v) is 3.66. The number of benzene rings is 1. The molecule has 0 aromatic heterocycles. The molecule has 0 radical (unpaired) electrons. The first-order valence-electron chi connectivity index (χ1n) is 7.25. The van der Waals surface area contributed by atoms with Crippen molar-refractivity contribution in [3.8, 4) is 5.75 Å². The predicted octanol–water partition coefficient (Wildman–Crippen LogP) is 2.30. The minimum atomic E-state index is -0.561. The number of methoxy groups -OCH3 is 1. The van der Waals surface area contributed by atoms with Crippen molar-refractivity contribution in [1.82, 2.24) is 5.32 Å². The molecule has 114 valence electrons. The molecule has 1 unspecified atom stereocenters. The number of nitrogens with one attached hydrogen (secondary N) is 1. The Bertz CT molecular complexity index is 492. The minimum absolute atomic E-state index is 0.0982. The molecule has 5 heteroatoms. The molecule has 1 aliphatic rings.